The fourth-order valence-electron chi connectivity index (χ4n) is 4.07. The Labute approximate surface area is 227 Å². The number of benzene rings is 2. The van der Waals surface area contributed by atoms with Crippen LogP contribution in [0.2, 0.25) is 10.0 Å². The average molecular weight is 563 g/mol. The van der Waals surface area contributed by atoms with Gasteiger partial charge in [-0.15, -0.1) is 0 Å². The van der Waals surface area contributed by atoms with E-state index >= 15 is 0 Å². The smallest absolute Gasteiger partial charge is 0.343 e. The van der Waals surface area contributed by atoms with Gasteiger partial charge in [-0.1, -0.05) is 29.3 Å². The number of carbonyl (C=O) groups is 2. The number of fused-ring (bicyclic) bond motifs is 1. The van der Waals surface area contributed by atoms with Gasteiger partial charge in [0, 0.05) is 25.1 Å². The molecule has 0 fully saturated rings. The van der Waals surface area contributed by atoms with E-state index in [1.807, 2.05) is 0 Å². The molecule has 0 saturated heterocycles. The number of halogens is 2. The van der Waals surface area contributed by atoms with Crippen molar-refractivity contribution >= 4 is 35.1 Å². The minimum absolute atomic E-state index is 0.0336. The first-order valence-corrected chi connectivity index (χ1v) is 12.3. The molecule has 38 heavy (non-hydrogen) atoms. The Bertz CT molecular complexity index is 1440. The van der Waals surface area contributed by atoms with Crippen molar-refractivity contribution < 1.29 is 33.6 Å². The molecule has 0 bridgehead atoms. The fourth-order valence-corrected chi connectivity index (χ4v) is 4.39. The summed E-state index contributed by atoms with van der Waals surface area (Å²) in [4.78, 5) is 41.0. The number of rotatable bonds is 9. The lowest BCUT2D eigenvalue weighted by Gasteiger charge is -2.20. The van der Waals surface area contributed by atoms with Gasteiger partial charge in [0.05, 0.1) is 29.3 Å². The van der Waals surface area contributed by atoms with Gasteiger partial charge in [0.1, 0.15) is 11.3 Å². The number of carbonyl (C=O) groups excluding carboxylic acids is 2. The Morgan fingerprint density at radius 1 is 1.18 bits per heavy atom. The van der Waals surface area contributed by atoms with Gasteiger partial charge in [0.2, 0.25) is 18.4 Å². The lowest BCUT2D eigenvalue weighted by molar-refractivity contribution is -0.121. The zero-order valence-corrected chi connectivity index (χ0v) is 21.9. The maximum atomic E-state index is 13.1. The molecular formula is C26H24Cl2N2O8. The number of aromatic amines is 1. The predicted octanol–water partition coefficient (Wildman–Crippen LogP) is 4.14. The summed E-state index contributed by atoms with van der Waals surface area (Å²) in [6.45, 7) is 1.78. The normalized spacial score (nSPS) is 12.6. The summed E-state index contributed by atoms with van der Waals surface area (Å²) in [5, 5.41) is 14.5. The highest BCUT2D eigenvalue weighted by atomic mass is 35.5. The van der Waals surface area contributed by atoms with E-state index in [0.717, 1.165) is 6.20 Å². The number of aromatic nitrogens is 1. The van der Waals surface area contributed by atoms with Crippen LogP contribution < -0.4 is 25.1 Å². The first-order valence-electron chi connectivity index (χ1n) is 11.5. The Kier molecular flexibility index (Phi) is 8.33. The summed E-state index contributed by atoms with van der Waals surface area (Å²) in [6.07, 6.45) is 0.799. The molecule has 3 aromatic rings. The molecule has 200 valence electrons. The largest absolute Gasteiger partial charge is 0.506 e. The van der Waals surface area contributed by atoms with Crippen LogP contribution in [0.15, 0.2) is 41.3 Å². The van der Waals surface area contributed by atoms with Crippen LogP contribution in [0.1, 0.15) is 46.3 Å². The highest BCUT2D eigenvalue weighted by molar-refractivity contribution is 6.42. The van der Waals surface area contributed by atoms with Gasteiger partial charge in [-0.2, -0.15) is 0 Å². The van der Waals surface area contributed by atoms with Gasteiger partial charge < -0.3 is 34.4 Å². The van der Waals surface area contributed by atoms with E-state index in [1.54, 1.807) is 37.3 Å². The number of pyridine rings is 1. The Morgan fingerprint density at radius 2 is 1.97 bits per heavy atom. The molecule has 0 aliphatic carbocycles. The standard InChI is InChI=1S/C26H24Cl2N2O8/c1-3-36-26(34)16-11-30-25(33)22(23(16)32)15(14-7-19(35-2)24-20(8-14)37-12-38-24)9-21(31)29-10-13-4-5-17(27)18(28)6-13/h4-8,11,15H,3,9-10,12H2,1-2H3,(H,29,31)(H2,30,32,33)/t15-/m0/s1. The van der Waals surface area contributed by atoms with Crippen LogP contribution in [0, 0.1) is 0 Å². The molecule has 1 aliphatic rings. The van der Waals surface area contributed by atoms with Crippen molar-refractivity contribution in [3.8, 4) is 23.0 Å². The van der Waals surface area contributed by atoms with Crippen LogP contribution >= 0.6 is 23.2 Å². The quantitative estimate of drug-likeness (QED) is 0.331. The first-order chi connectivity index (χ1) is 18.2. The number of hydrogen-bond donors (Lipinski definition) is 3. The predicted molar refractivity (Wildman–Crippen MR) is 139 cm³/mol. The van der Waals surface area contributed by atoms with E-state index in [-0.39, 0.29) is 37.5 Å². The minimum Gasteiger partial charge on any atom is -0.506 e. The number of amides is 1. The summed E-state index contributed by atoms with van der Waals surface area (Å²) < 4.78 is 21.4. The van der Waals surface area contributed by atoms with Crippen LogP contribution in [0.3, 0.4) is 0 Å². The first kappa shape index (κ1) is 27.2. The lowest BCUT2D eigenvalue weighted by Crippen LogP contribution is -2.27. The van der Waals surface area contributed by atoms with Crippen molar-refractivity contribution in [3.05, 3.63) is 79.2 Å². The molecule has 2 aromatic carbocycles. The SMILES string of the molecule is CCOC(=O)c1c[nH]c(=O)c([C@@H](CC(=O)NCc2ccc(Cl)c(Cl)c2)c2cc(OC)c3c(c2)OCO3)c1O. The molecule has 1 atom stereocenters. The highest BCUT2D eigenvalue weighted by Gasteiger charge is 2.31. The number of methoxy groups -OCH3 is 1. The van der Waals surface area contributed by atoms with Crippen molar-refractivity contribution in [2.75, 3.05) is 20.5 Å². The molecule has 12 heteroatoms. The van der Waals surface area contributed by atoms with Gasteiger partial charge in [-0.25, -0.2) is 4.79 Å². The summed E-state index contributed by atoms with van der Waals surface area (Å²) >= 11 is 12.0. The number of nitrogens with one attached hydrogen (secondary N) is 2. The molecule has 0 saturated carbocycles. The third-order valence-corrected chi connectivity index (χ3v) is 6.63. The summed E-state index contributed by atoms with van der Waals surface area (Å²) in [5.41, 5.74) is 0.00245. The van der Waals surface area contributed by atoms with Gasteiger partial charge in [-0.3, -0.25) is 9.59 Å². The van der Waals surface area contributed by atoms with Crippen LogP contribution in [-0.2, 0) is 16.1 Å². The van der Waals surface area contributed by atoms with Crippen molar-refractivity contribution in [1.82, 2.24) is 10.3 Å². The van der Waals surface area contributed by atoms with E-state index in [9.17, 15) is 19.5 Å². The number of H-pyrrole nitrogens is 1. The van der Waals surface area contributed by atoms with E-state index in [2.05, 4.69) is 10.3 Å². The summed E-state index contributed by atoms with van der Waals surface area (Å²) in [6, 6.07) is 8.14. The molecule has 0 radical (unpaired) electrons. The number of ether oxygens (including phenoxy) is 4. The third kappa shape index (κ3) is 5.66. The van der Waals surface area contributed by atoms with Crippen molar-refractivity contribution in [2.45, 2.75) is 25.8 Å². The molecule has 2 heterocycles. The number of esters is 1. The maximum Gasteiger partial charge on any atom is 0.343 e. The average Bonchev–Trinajstić information content (AvgIpc) is 3.37. The van der Waals surface area contributed by atoms with E-state index in [4.69, 9.17) is 42.1 Å². The molecule has 0 spiro atoms. The second kappa shape index (κ2) is 11.7. The number of aromatic hydroxyl groups is 1. The fraction of sp³-hybridized carbons (Fsp3) is 0.269. The molecule has 0 unspecified atom stereocenters. The zero-order valence-electron chi connectivity index (χ0n) is 20.4. The van der Waals surface area contributed by atoms with Crippen molar-refractivity contribution in [3.63, 3.8) is 0 Å². The van der Waals surface area contributed by atoms with Gasteiger partial charge in [0.15, 0.2) is 11.5 Å². The van der Waals surface area contributed by atoms with Gasteiger partial charge in [-0.05, 0) is 42.3 Å². The molecular weight excluding hydrogens is 539 g/mol. The second-order valence-electron chi connectivity index (χ2n) is 8.25. The zero-order chi connectivity index (χ0) is 27.4. The number of hydrogen-bond acceptors (Lipinski definition) is 8. The van der Waals surface area contributed by atoms with Crippen LogP contribution in [0.5, 0.6) is 23.0 Å². The van der Waals surface area contributed by atoms with Crippen LogP contribution in [0.4, 0.5) is 0 Å². The highest BCUT2D eigenvalue weighted by Crippen LogP contribution is 2.45. The topological polar surface area (TPSA) is 136 Å². The van der Waals surface area contributed by atoms with Crippen LogP contribution in [-0.4, -0.2) is 42.5 Å². The van der Waals surface area contributed by atoms with E-state index < -0.39 is 29.1 Å². The molecule has 1 amide bonds. The molecule has 4 rings (SSSR count). The Morgan fingerprint density at radius 3 is 2.68 bits per heavy atom. The summed E-state index contributed by atoms with van der Waals surface area (Å²) in [7, 11) is 1.44. The van der Waals surface area contributed by atoms with Gasteiger partial charge >= 0.3 is 5.97 Å². The second-order valence-corrected chi connectivity index (χ2v) is 9.07. The van der Waals surface area contributed by atoms with Gasteiger partial charge in [0.25, 0.3) is 5.56 Å². The Hall–Kier alpha value is -3.89. The molecule has 10 nitrogen and oxygen atoms in total. The summed E-state index contributed by atoms with van der Waals surface area (Å²) in [5.74, 6) is -1.84. The van der Waals surface area contributed by atoms with E-state index in [1.165, 1.54) is 7.11 Å². The maximum absolute atomic E-state index is 13.1. The molecule has 1 aliphatic heterocycles. The Balaban J connectivity index is 1.73. The third-order valence-electron chi connectivity index (χ3n) is 5.89. The van der Waals surface area contributed by atoms with Crippen LogP contribution in [0.25, 0.3) is 0 Å². The lowest BCUT2D eigenvalue weighted by atomic mass is 9.87. The van der Waals surface area contributed by atoms with E-state index in [0.29, 0.717) is 38.4 Å². The van der Waals surface area contributed by atoms with Crippen molar-refractivity contribution in [1.29, 1.82) is 0 Å². The molecule has 1 aromatic heterocycles. The monoisotopic (exact) mass is 562 g/mol. The molecule has 3 N–H and O–H groups in total. The van der Waals surface area contributed by atoms with Crippen molar-refractivity contribution in [2.24, 2.45) is 0 Å². The minimum atomic E-state index is -1.01.